The molecule has 0 aliphatic carbocycles. The van der Waals surface area contributed by atoms with Crippen molar-refractivity contribution in [2.75, 3.05) is 20.8 Å². The van der Waals surface area contributed by atoms with Gasteiger partial charge in [-0.2, -0.15) is 5.10 Å². The first-order valence-electron chi connectivity index (χ1n) is 7.05. The summed E-state index contributed by atoms with van der Waals surface area (Å²) in [6, 6.07) is 12.6. The van der Waals surface area contributed by atoms with Gasteiger partial charge in [0.05, 0.1) is 20.4 Å². The highest BCUT2D eigenvalue weighted by molar-refractivity contribution is 9.10. The number of hydrogen-bond acceptors (Lipinski definition) is 5. The molecule has 0 unspecified atom stereocenters. The molecule has 0 atom stereocenters. The third kappa shape index (κ3) is 4.99. The molecule has 0 bridgehead atoms. The maximum Gasteiger partial charge on any atom is 0.277 e. The van der Waals surface area contributed by atoms with Gasteiger partial charge >= 0.3 is 0 Å². The number of ether oxygens (including phenoxy) is 3. The van der Waals surface area contributed by atoms with Crippen LogP contribution < -0.4 is 19.6 Å². The average molecular weight is 393 g/mol. The summed E-state index contributed by atoms with van der Waals surface area (Å²) >= 11 is 3.41. The van der Waals surface area contributed by atoms with E-state index in [4.69, 9.17) is 14.2 Å². The standard InChI is InChI=1S/C17H17BrN2O4/c1-22-13-7-8-14(18)12(9-13)10-19-20-17(21)11-24-16-6-4-3-5-15(16)23-2/h3-10H,11H2,1-2H3,(H,20,21)/b19-10-. The van der Waals surface area contributed by atoms with Crippen LogP contribution in [0.1, 0.15) is 5.56 Å². The molecule has 2 rings (SSSR count). The predicted molar refractivity (Wildman–Crippen MR) is 94.9 cm³/mol. The van der Waals surface area contributed by atoms with E-state index in [9.17, 15) is 4.79 Å². The highest BCUT2D eigenvalue weighted by Crippen LogP contribution is 2.25. The first-order valence-corrected chi connectivity index (χ1v) is 7.84. The molecule has 0 fully saturated rings. The molecule has 0 saturated carbocycles. The Morgan fingerprint density at radius 1 is 1.17 bits per heavy atom. The van der Waals surface area contributed by atoms with Crippen molar-refractivity contribution in [1.82, 2.24) is 5.43 Å². The Labute approximate surface area is 148 Å². The van der Waals surface area contributed by atoms with Gasteiger partial charge < -0.3 is 14.2 Å². The normalized spacial score (nSPS) is 10.5. The van der Waals surface area contributed by atoms with E-state index in [-0.39, 0.29) is 12.5 Å². The van der Waals surface area contributed by atoms with E-state index in [0.717, 1.165) is 10.0 Å². The number of nitrogens with zero attached hydrogens (tertiary/aromatic N) is 1. The smallest absolute Gasteiger partial charge is 0.277 e. The Morgan fingerprint density at radius 3 is 2.62 bits per heavy atom. The molecule has 0 aliphatic heterocycles. The molecule has 7 heteroatoms. The van der Waals surface area contributed by atoms with E-state index < -0.39 is 0 Å². The lowest BCUT2D eigenvalue weighted by atomic mass is 10.2. The third-order valence-electron chi connectivity index (χ3n) is 3.02. The Bertz CT molecular complexity index is 734. The zero-order valence-electron chi connectivity index (χ0n) is 13.3. The monoisotopic (exact) mass is 392 g/mol. The Hall–Kier alpha value is -2.54. The van der Waals surface area contributed by atoms with Crippen molar-refractivity contribution in [3.05, 3.63) is 52.5 Å². The maximum absolute atomic E-state index is 11.8. The number of carbonyl (C=O) groups is 1. The van der Waals surface area contributed by atoms with Gasteiger partial charge in [0.25, 0.3) is 5.91 Å². The summed E-state index contributed by atoms with van der Waals surface area (Å²) in [5.74, 6) is 1.38. The van der Waals surface area contributed by atoms with Crippen LogP contribution in [0.25, 0.3) is 0 Å². The fourth-order valence-electron chi connectivity index (χ4n) is 1.84. The van der Waals surface area contributed by atoms with Gasteiger partial charge in [-0.3, -0.25) is 4.79 Å². The first-order chi connectivity index (χ1) is 11.6. The summed E-state index contributed by atoms with van der Waals surface area (Å²) in [5.41, 5.74) is 3.18. The summed E-state index contributed by atoms with van der Waals surface area (Å²) in [6.45, 7) is -0.170. The van der Waals surface area contributed by atoms with Crippen molar-refractivity contribution in [3.63, 3.8) is 0 Å². The van der Waals surface area contributed by atoms with Gasteiger partial charge in [0, 0.05) is 10.0 Å². The SMILES string of the molecule is COc1ccc(Br)c(/C=N\NC(=O)COc2ccccc2OC)c1. The largest absolute Gasteiger partial charge is 0.497 e. The van der Waals surface area contributed by atoms with Crippen molar-refractivity contribution in [3.8, 4) is 17.2 Å². The molecular weight excluding hydrogens is 376 g/mol. The van der Waals surface area contributed by atoms with Crippen molar-refractivity contribution >= 4 is 28.1 Å². The van der Waals surface area contributed by atoms with Crippen LogP contribution in [-0.4, -0.2) is 32.9 Å². The number of halogens is 1. The summed E-state index contributed by atoms with van der Waals surface area (Å²) in [5, 5.41) is 3.91. The molecule has 1 N–H and O–H groups in total. The van der Waals surface area contributed by atoms with E-state index in [0.29, 0.717) is 17.2 Å². The van der Waals surface area contributed by atoms with Crippen LogP contribution in [0.4, 0.5) is 0 Å². The number of hydrazone groups is 1. The molecule has 2 aromatic rings. The molecule has 24 heavy (non-hydrogen) atoms. The second-order valence-corrected chi connectivity index (χ2v) is 5.47. The number of rotatable bonds is 7. The first kappa shape index (κ1) is 17.8. The number of amides is 1. The van der Waals surface area contributed by atoms with Crippen LogP contribution in [-0.2, 0) is 4.79 Å². The molecule has 0 heterocycles. The fraction of sp³-hybridized carbons (Fsp3) is 0.176. The average Bonchev–Trinajstić information content (AvgIpc) is 2.61. The minimum absolute atomic E-state index is 0.170. The van der Waals surface area contributed by atoms with Gasteiger partial charge in [0.2, 0.25) is 0 Å². The topological polar surface area (TPSA) is 69.2 Å². The number of benzene rings is 2. The van der Waals surface area contributed by atoms with Crippen LogP contribution in [0.2, 0.25) is 0 Å². The summed E-state index contributed by atoms with van der Waals surface area (Å²) in [7, 11) is 3.12. The Kier molecular flexibility index (Phi) is 6.62. The molecule has 6 nitrogen and oxygen atoms in total. The third-order valence-corrected chi connectivity index (χ3v) is 3.75. The molecule has 0 radical (unpaired) electrons. The fourth-order valence-corrected chi connectivity index (χ4v) is 2.18. The summed E-state index contributed by atoms with van der Waals surface area (Å²) in [4.78, 5) is 11.8. The van der Waals surface area contributed by atoms with Gasteiger partial charge in [-0.15, -0.1) is 0 Å². The lowest BCUT2D eigenvalue weighted by molar-refractivity contribution is -0.123. The number of para-hydroxylation sites is 2. The van der Waals surface area contributed by atoms with E-state index in [2.05, 4.69) is 26.5 Å². The van der Waals surface area contributed by atoms with E-state index in [1.54, 1.807) is 38.5 Å². The molecule has 1 amide bonds. The maximum atomic E-state index is 11.8. The van der Waals surface area contributed by atoms with Gasteiger partial charge in [0.1, 0.15) is 5.75 Å². The zero-order chi connectivity index (χ0) is 17.4. The van der Waals surface area contributed by atoms with Crippen LogP contribution >= 0.6 is 15.9 Å². The van der Waals surface area contributed by atoms with E-state index in [1.807, 2.05) is 18.2 Å². The van der Waals surface area contributed by atoms with E-state index in [1.165, 1.54) is 6.21 Å². The summed E-state index contributed by atoms with van der Waals surface area (Å²) in [6.07, 6.45) is 1.52. The molecule has 0 saturated heterocycles. The highest BCUT2D eigenvalue weighted by atomic mass is 79.9. The second-order valence-electron chi connectivity index (χ2n) is 4.62. The number of methoxy groups -OCH3 is 2. The molecule has 0 spiro atoms. The van der Waals surface area contributed by atoms with Gasteiger partial charge in [-0.25, -0.2) is 5.43 Å². The van der Waals surface area contributed by atoms with Gasteiger partial charge in [-0.05, 0) is 30.3 Å². The van der Waals surface area contributed by atoms with Gasteiger partial charge in [0.15, 0.2) is 18.1 Å². The van der Waals surface area contributed by atoms with Crippen LogP contribution in [0, 0.1) is 0 Å². The molecule has 2 aromatic carbocycles. The zero-order valence-corrected chi connectivity index (χ0v) is 14.9. The molecule has 0 aliphatic rings. The Morgan fingerprint density at radius 2 is 1.92 bits per heavy atom. The van der Waals surface area contributed by atoms with Crippen molar-refractivity contribution in [2.45, 2.75) is 0 Å². The van der Waals surface area contributed by atoms with Crippen molar-refractivity contribution < 1.29 is 19.0 Å². The minimum atomic E-state index is -0.379. The molecular formula is C17H17BrN2O4. The number of hydrogen-bond donors (Lipinski definition) is 1. The van der Waals surface area contributed by atoms with Crippen LogP contribution in [0.3, 0.4) is 0 Å². The van der Waals surface area contributed by atoms with Gasteiger partial charge in [-0.1, -0.05) is 28.1 Å². The van der Waals surface area contributed by atoms with Crippen LogP contribution in [0.15, 0.2) is 52.0 Å². The van der Waals surface area contributed by atoms with Crippen molar-refractivity contribution in [1.29, 1.82) is 0 Å². The summed E-state index contributed by atoms with van der Waals surface area (Å²) < 4.78 is 16.5. The number of carbonyl (C=O) groups excluding carboxylic acids is 1. The lowest BCUT2D eigenvalue weighted by Gasteiger charge is -2.09. The lowest BCUT2D eigenvalue weighted by Crippen LogP contribution is -2.24. The minimum Gasteiger partial charge on any atom is -0.497 e. The molecule has 126 valence electrons. The Balaban J connectivity index is 1.89. The van der Waals surface area contributed by atoms with Crippen LogP contribution in [0.5, 0.6) is 17.2 Å². The number of nitrogens with one attached hydrogen (secondary N) is 1. The predicted octanol–water partition coefficient (Wildman–Crippen LogP) is 3.00. The quantitative estimate of drug-likeness (QED) is 0.580. The van der Waals surface area contributed by atoms with Crippen molar-refractivity contribution in [2.24, 2.45) is 5.10 Å². The van der Waals surface area contributed by atoms with E-state index >= 15 is 0 Å². The second kappa shape index (κ2) is 8.93. The molecule has 0 aromatic heterocycles. The highest BCUT2D eigenvalue weighted by Gasteiger charge is 2.06.